The molecule has 4 aromatic rings. The van der Waals surface area contributed by atoms with Gasteiger partial charge in [0.2, 0.25) is 5.91 Å². The van der Waals surface area contributed by atoms with E-state index in [9.17, 15) is 19.6 Å². The van der Waals surface area contributed by atoms with E-state index in [2.05, 4.69) is 11.0 Å². The van der Waals surface area contributed by atoms with E-state index >= 15 is 0 Å². The molecule has 2 aromatic heterocycles. The van der Waals surface area contributed by atoms with E-state index in [1.54, 1.807) is 39.0 Å². The second-order valence-electron chi connectivity index (χ2n) is 13.1. The van der Waals surface area contributed by atoms with Gasteiger partial charge in [0.25, 0.3) is 5.91 Å². The summed E-state index contributed by atoms with van der Waals surface area (Å²) < 4.78 is 7.23. The van der Waals surface area contributed by atoms with Crippen LogP contribution >= 0.6 is 11.6 Å². The Kier molecular flexibility index (Phi) is 8.40. The van der Waals surface area contributed by atoms with Crippen LogP contribution in [-0.2, 0) is 27.4 Å². The first-order valence-electron chi connectivity index (χ1n) is 15.6. The monoisotopic (exact) mass is 653 g/mol. The zero-order valence-corrected chi connectivity index (χ0v) is 27.6. The van der Waals surface area contributed by atoms with Crippen molar-refractivity contribution in [3.05, 3.63) is 75.4 Å². The van der Waals surface area contributed by atoms with Crippen molar-refractivity contribution < 1.29 is 19.1 Å². The predicted molar refractivity (Wildman–Crippen MR) is 178 cm³/mol. The van der Waals surface area contributed by atoms with Gasteiger partial charge in [0.15, 0.2) is 5.65 Å². The number of esters is 1. The number of carbonyl (C=O) groups excluding carboxylic acids is 3. The Hall–Kier alpha value is -4.95. The molecule has 2 amide bonds. The lowest BCUT2D eigenvalue weighted by molar-refractivity contribution is -0.155. The summed E-state index contributed by atoms with van der Waals surface area (Å²) in [6.45, 7) is 9.65. The summed E-state index contributed by atoms with van der Waals surface area (Å²) >= 11 is 6.70. The number of hydrogen-bond donors (Lipinski definition) is 1. The van der Waals surface area contributed by atoms with E-state index in [0.29, 0.717) is 28.3 Å². The van der Waals surface area contributed by atoms with Crippen molar-refractivity contribution in [2.75, 3.05) is 18.0 Å². The van der Waals surface area contributed by atoms with Gasteiger partial charge in [-0.1, -0.05) is 29.8 Å². The summed E-state index contributed by atoms with van der Waals surface area (Å²) in [5.41, 5.74) is 10.9. The summed E-state index contributed by atoms with van der Waals surface area (Å²) in [6, 6.07) is 14.1. The molecular formula is C35H36ClN7O4. The Balaban J connectivity index is 1.30. The van der Waals surface area contributed by atoms with Crippen LogP contribution in [0, 0.1) is 18.3 Å². The maximum atomic E-state index is 13.4. The first kappa shape index (κ1) is 32.0. The standard InChI is InChI=1S/C35H36ClN7O4/c1-20-31-26(25-9-6-21(17-37)15-27(25)36)16-29(41-12-5-13-41)39-33(31)43(40-20)18-22-7-8-24-23(14-22)19-42(34(24)46)28(32(38)45)10-11-30(44)47-35(2,3)4/h6-9,14-16,28H,5,10-13,18-19H2,1-4H3,(H2,38,45)/t28-/m0/s1. The van der Waals surface area contributed by atoms with Crippen LogP contribution < -0.4 is 10.6 Å². The molecule has 0 bridgehead atoms. The molecule has 1 atom stereocenters. The average Bonchev–Trinajstić information content (AvgIpc) is 3.46. The first-order chi connectivity index (χ1) is 22.3. The minimum atomic E-state index is -0.944. The van der Waals surface area contributed by atoms with Crippen molar-refractivity contribution in [1.29, 1.82) is 5.26 Å². The minimum Gasteiger partial charge on any atom is -0.460 e. The third-order valence-electron chi connectivity index (χ3n) is 8.51. The number of aryl methyl sites for hydroxylation is 1. The number of nitrogens with zero attached hydrogens (tertiary/aromatic N) is 6. The number of carbonyl (C=O) groups is 3. The smallest absolute Gasteiger partial charge is 0.306 e. The van der Waals surface area contributed by atoms with Crippen LogP contribution in [0.1, 0.15) is 72.8 Å². The molecule has 0 spiro atoms. The van der Waals surface area contributed by atoms with Gasteiger partial charge in [0.1, 0.15) is 17.5 Å². The quantitative estimate of drug-likeness (QED) is 0.245. The van der Waals surface area contributed by atoms with Crippen LogP contribution in [0.3, 0.4) is 0 Å². The number of nitriles is 1. The molecule has 2 aliphatic heterocycles. The lowest BCUT2D eigenvalue weighted by Crippen LogP contribution is -2.45. The number of anilines is 1. The molecule has 47 heavy (non-hydrogen) atoms. The van der Waals surface area contributed by atoms with Crippen molar-refractivity contribution in [3.8, 4) is 17.2 Å². The van der Waals surface area contributed by atoms with E-state index in [1.807, 2.05) is 35.9 Å². The molecule has 2 N–H and O–H groups in total. The highest BCUT2D eigenvalue weighted by Gasteiger charge is 2.36. The average molecular weight is 654 g/mol. The van der Waals surface area contributed by atoms with Gasteiger partial charge in [-0.25, -0.2) is 9.67 Å². The number of halogens is 1. The second-order valence-corrected chi connectivity index (χ2v) is 13.5. The molecule has 0 saturated carbocycles. The molecule has 2 aromatic carbocycles. The minimum absolute atomic E-state index is 0.0376. The van der Waals surface area contributed by atoms with Crippen LogP contribution in [0.15, 0.2) is 42.5 Å². The number of hydrogen-bond acceptors (Lipinski definition) is 8. The highest BCUT2D eigenvalue weighted by Crippen LogP contribution is 2.38. The van der Waals surface area contributed by atoms with Crippen LogP contribution in [0.25, 0.3) is 22.2 Å². The number of amides is 2. The summed E-state index contributed by atoms with van der Waals surface area (Å²) in [7, 11) is 0. The summed E-state index contributed by atoms with van der Waals surface area (Å²) in [4.78, 5) is 46.8. The van der Waals surface area contributed by atoms with Crippen LogP contribution in [-0.4, -0.2) is 62.2 Å². The lowest BCUT2D eigenvalue weighted by Gasteiger charge is -2.32. The van der Waals surface area contributed by atoms with Crippen LogP contribution in [0.4, 0.5) is 5.82 Å². The zero-order valence-electron chi connectivity index (χ0n) is 26.8. The maximum Gasteiger partial charge on any atom is 0.306 e. The van der Waals surface area contributed by atoms with Crippen molar-refractivity contribution >= 4 is 46.2 Å². The fourth-order valence-electron chi connectivity index (χ4n) is 6.19. The molecule has 4 heterocycles. The maximum absolute atomic E-state index is 13.4. The Morgan fingerprint density at radius 2 is 1.85 bits per heavy atom. The third-order valence-corrected chi connectivity index (χ3v) is 8.83. The summed E-state index contributed by atoms with van der Waals surface area (Å²) in [6.07, 6.45) is 1.13. The number of nitrogens with two attached hydrogens (primary N) is 1. The number of benzene rings is 2. The van der Waals surface area contributed by atoms with Crippen molar-refractivity contribution in [2.45, 2.75) is 71.7 Å². The highest BCUT2D eigenvalue weighted by molar-refractivity contribution is 6.34. The number of pyridine rings is 1. The van der Waals surface area contributed by atoms with Gasteiger partial charge in [0.05, 0.1) is 23.9 Å². The molecule has 0 unspecified atom stereocenters. The Labute approximate surface area is 277 Å². The first-order valence-corrected chi connectivity index (χ1v) is 16.0. The third kappa shape index (κ3) is 6.38. The molecule has 0 aliphatic carbocycles. The van der Waals surface area contributed by atoms with Gasteiger partial charge < -0.3 is 20.3 Å². The summed E-state index contributed by atoms with van der Waals surface area (Å²) in [5, 5.41) is 15.6. The molecule has 1 saturated heterocycles. The van der Waals surface area contributed by atoms with Gasteiger partial charge in [-0.15, -0.1) is 0 Å². The van der Waals surface area contributed by atoms with Crippen LogP contribution in [0.2, 0.25) is 5.02 Å². The number of rotatable bonds is 9. The molecule has 1 fully saturated rings. The normalized spacial score (nSPS) is 14.9. The Bertz CT molecular complexity index is 1970. The highest BCUT2D eigenvalue weighted by atomic mass is 35.5. The second kappa shape index (κ2) is 12.3. The van der Waals surface area contributed by atoms with Gasteiger partial charge in [-0.2, -0.15) is 10.4 Å². The van der Waals surface area contributed by atoms with Crippen LogP contribution in [0.5, 0.6) is 0 Å². The summed E-state index contributed by atoms with van der Waals surface area (Å²) in [5.74, 6) is -0.591. The van der Waals surface area contributed by atoms with E-state index in [4.69, 9.17) is 32.2 Å². The van der Waals surface area contributed by atoms with Crippen molar-refractivity contribution in [2.24, 2.45) is 5.73 Å². The number of fused-ring (bicyclic) bond motifs is 2. The fraction of sp³-hybridized carbons (Fsp3) is 0.371. The van der Waals surface area contributed by atoms with E-state index < -0.39 is 23.5 Å². The predicted octanol–water partition coefficient (Wildman–Crippen LogP) is 5.12. The number of primary amides is 1. The van der Waals surface area contributed by atoms with E-state index in [-0.39, 0.29) is 25.3 Å². The van der Waals surface area contributed by atoms with Gasteiger partial charge in [-0.05, 0) is 81.5 Å². The SMILES string of the molecule is Cc1nn(Cc2ccc3c(c2)CN([C@@H](CCC(=O)OC(C)(C)C)C(N)=O)C3=O)c2nc(N3CCC3)cc(-c3ccc(C#N)cc3Cl)c12. The lowest BCUT2D eigenvalue weighted by atomic mass is 10.00. The number of ether oxygens (including phenoxy) is 1. The van der Waals surface area contributed by atoms with Gasteiger partial charge in [-0.3, -0.25) is 14.4 Å². The van der Waals surface area contributed by atoms with E-state index in [1.165, 1.54) is 4.90 Å². The van der Waals surface area contributed by atoms with Gasteiger partial charge >= 0.3 is 5.97 Å². The largest absolute Gasteiger partial charge is 0.460 e. The van der Waals surface area contributed by atoms with Crippen molar-refractivity contribution in [1.82, 2.24) is 19.7 Å². The van der Waals surface area contributed by atoms with Crippen molar-refractivity contribution in [3.63, 3.8) is 0 Å². The number of aromatic nitrogens is 3. The molecular weight excluding hydrogens is 618 g/mol. The Morgan fingerprint density at radius 1 is 1.11 bits per heavy atom. The molecule has 0 radical (unpaired) electrons. The molecule has 242 valence electrons. The molecule has 2 aliphatic rings. The molecule has 12 heteroatoms. The Morgan fingerprint density at radius 3 is 2.49 bits per heavy atom. The topological polar surface area (TPSA) is 147 Å². The zero-order chi connectivity index (χ0) is 33.6. The molecule has 6 rings (SSSR count). The van der Waals surface area contributed by atoms with Gasteiger partial charge in [0, 0.05) is 47.6 Å². The fourth-order valence-corrected chi connectivity index (χ4v) is 6.47. The van der Waals surface area contributed by atoms with E-state index in [0.717, 1.165) is 58.7 Å². The molecule has 11 nitrogen and oxygen atoms in total.